The highest BCUT2D eigenvalue weighted by Crippen LogP contribution is 2.33. The van der Waals surface area contributed by atoms with Gasteiger partial charge in [-0.15, -0.1) is 0 Å². The average Bonchev–Trinajstić information content (AvgIpc) is 2.52. The Morgan fingerprint density at radius 1 is 1.42 bits per heavy atom. The Balaban J connectivity index is 2.25. The molecular formula is C11H23N. The summed E-state index contributed by atoms with van der Waals surface area (Å²) in [6.07, 6.45) is 7.03. The van der Waals surface area contributed by atoms with Crippen LogP contribution in [0.1, 0.15) is 46.0 Å². The van der Waals surface area contributed by atoms with Crippen LogP contribution in [0, 0.1) is 11.8 Å². The van der Waals surface area contributed by atoms with Gasteiger partial charge in [0, 0.05) is 6.04 Å². The van der Waals surface area contributed by atoms with E-state index in [1.807, 2.05) is 0 Å². The van der Waals surface area contributed by atoms with Crippen LogP contribution in [0.4, 0.5) is 0 Å². The van der Waals surface area contributed by atoms with Crippen LogP contribution in [0.25, 0.3) is 0 Å². The van der Waals surface area contributed by atoms with Crippen molar-refractivity contribution in [3.63, 3.8) is 0 Å². The maximum absolute atomic E-state index is 3.39. The maximum Gasteiger partial charge on any atom is 0.00669 e. The molecule has 72 valence electrons. The Bertz CT molecular complexity index is 122. The van der Waals surface area contributed by atoms with E-state index in [2.05, 4.69) is 26.2 Å². The second kappa shape index (κ2) is 4.86. The van der Waals surface area contributed by atoms with Gasteiger partial charge in [0.25, 0.3) is 0 Å². The summed E-state index contributed by atoms with van der Waals surface area (Å²) in [4.78, 5) is 0. The molecule has 0 heterocycles. The van der Waals surface area contributed by atoms with Gasteiger partial charge in [-0.2, -0.15) is 0 Å². The number of hydrogen-bond acceptors (Lipinski definition) is 1. The van der Waals surface area contributed by atoms with Gasteiger partial charge in [0.15, 0.2) is 0 Å². The van der Waals surface area contributed by atoms with E-state index < -0.39 is 0 Å². The van der Waals surface area contributed by atoms with E-state index in [4.69, 9.17) is 0 Å². The number of nitrogens with one attached hydrogen (secondary N) is 1. The van der Waals surface area contributed by atoms with Gasteiger partial charge in [-0.05, 0) is 38.1 Å². The highest BCUT2D eigenvalue weighted by molar-refractivity contribution is 4.82. The highest BCUT2D eigenvalue weighted by Gasteiger charge is 2.26. The third-order valence-corrected chi connectivity index (χ3v) is 3.43. The predicted octanol–water partition coefficient (Wildman–Crippen LogP) is 2.81. The molecule has 0 spiro atoms. The van der Waals surface area contributed by atoms with E-state index in [-0.39, 0.29) is 0 Å². The molecule has 0 aromatic heterocycles. The van der Waals surface area contributed by atoms with Crippen molar-refractivity contribution in [2.24, 2.45) is 11.8 Å². The predicted molar refractivity (Wildman–Crippen MR) is 54.3 cm³/mol. The van der Waals surface area contributed by atoms with Gasteiger partial charge in [-0.1, -0.05) is 26.7 Å². The highest BCUT2D eigenvalue weighted by atomic mass is 14.9. The molecule has 1 N–H and O–H groups in total. The molecule has 0 radical (unpaired) electrons. The molecule has 1 fully saturated rings. The lowest BCUT2D eigenvalue weighted by Crippen LogP contribution is -2.22. The summed E-state index contributed by atoms with van der Waals surface area (Å²) >= 11 is 0. The first-order valence-corrected chi connectivity index (χ1v) is 5.45. The Labute approximate surface area is 76.9 Å². The SMILES string of the molecule is CCCC(C)C1CCC(NC)C1. The van der Waals surface area contributed by atoms with Crippen LogP contribution < -0.4 is 5.32 Å². The summed E-state index contributed by atoms with van der Waals surface area (Å²) < 4.78 is 0. The Morgan fingerprint density at radius 2 is 2.17 bits per heavy atom. The molecule has 0 aromatic rings. The summed E-state index contributed by atoms with van der Waals surface area (Å²) in [6, 6.07) is 0.814. The van der Waals surface area contributed by atoms with E-state index in [9.17, 15) is 0 Å². The molecule has 1 saturated carbocycles. The summed E-state index contributed by atoms with van der Waals surface area (Å²) in [7, 11) is 2.09. The second-order valence-electron chi connectivity index (χ2n) is 4.32. The standard InChI is InChI=1S/C11H23N/c1-4-5-9(2)10-6-7-11(8-10)12-3/h9-12H,4-8H2,1-3H3. The van der Waals surface area contributed by atoms with Crippen molar-refractivity contribution in [2.75, 3.05) is 7.05 Å². The van der Waals surface area contributed by atoms with Crippen LogP contribution >= 0.6 is 0 Å². The lowest BCUT2D eigenvalue weighted by Gasteiger charge is -2.18. The van der Waals surface area contributed by atoms with E-state index in [0.717, 1.165) is 17.9 Å². The van der Waals surface area contributed by atoms with Crippen molar-refractivity contribution >= 4 is 0 Å². The summed E-state index contributed by atoms with van der Waals surface area (Å²) in [5.74, 6) is 1.95. The quantitative estimate of drug-likeness (QED) is 0.682. The van der Waals surface area contributed by atoms with E-state index in [1.54, 1.807) is 0 Å². The Hall–Kier alpha value is -0.0400. The first kappa shape index (κ1) is 10.0. The summed E-state index contributed by atoms with van der Waals surface area (Å²) in [5, 5.41) is 3.39. The minimum absolute atomic E-state index is 0.814. The molecular weight excluding hydrogens is 146 g/mol. The summed E-state index contributed by atoms with van der Waals surface area (Å²) in [5.41, 5.74) is 0. The number of hydrogen-bond donors (Lipinski definition) is 1. The van der Waals surface area contributed by atoms with Crippen molar-refractivity contribution in [2.45, 2.75) is 52.0 Å². The van der Waals surface area contributed by atoms with Crippen LogP contribution in [0.15, 0.2) is 0 Å². The molecule has 0 aromatic carbocycles. The van der Waals surface area contributed by atoms with Gasteiger partial charge in [0.1, 0.15) is 0 Å². The average molecular weight is 169 g/mol. The molecule has 1 aliphatic carbocycles. The van der Waals surface area contributed by atoms with E-state index in [0.29, 0.717) is 0 Å². The molecule has 0 aliphatic heterocycles. The molecule has 3 unspecified atom stereocenters. The van der Waals surface area contributed by atoms with Gasteiger partial charge >= 0.3 is 0 Å². The first-order valence-electron chi connectivity index (χ1n) is 5.45. The topological polar surface area (TPSA) is 12.0 Å². The molecule has 0 saturated heterocycles. The fourth-order valence-corrected chi connectivity index (χ4v) is 2.49. The molecule has 12 heavy (non-hydrogen) atoms. The van der Waals surface area contributed by atoms with Crippen LogP contribution in [-0.2, 0) is 0 Å². The minimum Gasteiger partial charge on any atom is -0.317 e. The van der Waals surface area contributed by atoms with Crippen LogP contribution in [0.2, 0.25) is 0 Å². The van der Waals surface area contributed by atoms with Crippen molar-refractivity contribution < 1.29 is 0 Å². The maximum atomic E-state index is 3.39. The largest absolute Gasteiger partial charge is 0.317 e. The third kappa shape index (κ3) is 2.48. The molecule has 0 bridgehead atoms. The van der Waals surface area contributed by atoms with Crippen molar-refractivity contribution in [3.8, 4) is 0 Å². The molecule has 0 amide bonds. The zero-order valence-electron chi connectivity index (χ0n) is 8.77. The third-order valence-electron chi connectivity index (χ3n) is 3.43. The summed E-state index contributed by atoms with van der Waals surface area (Å²) in [6.45, 7) is 4.72. The molecule has 1 aliphatic rings. The van der Waals surface area contributed by atoms with E-state index >= 15 is 0 Å². The van der Waals surface area contributed by atoms with Gasteiger partial charge < -0.3 is 5.32 Å². The van der Waals surface area contributed by atoms with Crippen molar-refractivity contribution in [1.82, 2.24) is 5.32 Å². The Morgan fingerprint density at radius 3 is 2.67 bits per heavy atom. The minimum atomic E-state index is 0.814. The zero-order valence-corrected chi connectivity index (χ0v) is 8.77. The van der Waals surface area contributed by atoms with Crippen LogP contribution in [0.5, 0.6) is 0 Å². The van der Waals surface area contributed by atoms with Crippen LogP contribution in [-0.4, -0.2) is 13.1 Å². The molecule has 1 nitrogen and oxygen atoms in total. The molecule has 1 heteroatoms. The lowest BCUT2D eigenvalue weighted by molar-refractivity contribution is 0.336. The molecule has 1 rings (SSSR count). The zero-order chi connectivity index (χ0) is 8.97. The van der Waals surface area contributed by atoms with Gasteiger partial charge in [0.2, 0.25) is 0 Å². The van der Waals surface area contributed by atoms with Crippen molar-refractivity contribution in [1.29, 1.82) is 0 Å². The van der Waals surface area contributed by atoms with Gasteiger partial charge in [-0.3, -0.25) is 0 Å². The van der Waals surface area contributed by atoms with Gasteiger partial charge in [0.05, 0.1) is 0 Å². The Kier molecular flexibility index (Phi) is 4.07. The second-order valence-corrected chi connectivity index (χ2v) is 4.32. The fraction of sp³-hybridized carbons (Fsp3) is 1.00. The lowest BCUT2D eigenvalue weighted by atomic mass is 9.89. The fourth-order valence-electron chi connectivity index (χ4n) is 2.49. The normalized spacial score (nSPS) is 32.2. The first-order chi connectivity index (χ1) is 5.77. The van der Waals surface area contributed by atoms with E-state index in [1.165, 1.54) is 32.1 Å². The monoisotopic (exact) mass is 169 g/mol. The molecule has 3 atom stereocenters. The van der Waals surface area contributed by atoms with Crippen molar-refractivity contribution in [3.05, 3.63) is 0 Å². The smallest absolute Gasteiger partial charge is 0.00669 e. The van der Waals surface area contributed by atoms with Gasteiger partial charge in [-0.25, -0.2) is 0 Å². The van der Waals surface area contributed by atoms with Crippen LogP contribution in [0.3, 0.4) is 0 Å². The number of rotatable bonds is 4.